The fourth-order valence-corrected chi connectivity index (χ4v) is 2.06. The Kier molecular flexibility index (Phi) is 4.53. The molecule has 1 aromatic heterocycles. The third kappa shape index (κ3) is 3.78. The molecule has 2 rings (SSSR count). The highest BCUT2D eigenvalue weighted by molar-refractivity contribution is 5.65. The van der Waals surface area contributed by atoms with Crippen molar-refractivity contribution in [3.8, 4) is 0 Å². The van der Waals surface area contributed by atoms with Crippen LogP contribution in [0.5, 0.6) is 0 Å². The largest absolute Gasteiger partial charge is 0.465 e. The Morgan fingerprint density at radius 3 is 3.14 bits per heavy atom. The van der Waals surface area contributed by atoms with Crippen LogP contribution in [0.3, 0.4) is 0 Å². The molecule has 0 spiro atoms. The Hall–Kier alpha value is -2.42. The Balaban J connectivity index is 2.00. The first kappa shape index (κ1) is 15.0. The predicted molar refractivity (Wildman–Crippen MR) is 73.5 cm³/mol. The van der Waals surface area contributed by atoms with Crippen molar-refractivity contribution < 1.29 is 19.6 Å². The van der Waals surface area contributed by atoms with Gasteiger partial charge in [0.25, 0.3) is 0 Å². The van der Waals surface area contributed by atoms with Crippen LogP contribution in [0, 0.1) is 17.0 Å². The molecule has 9 heteroatoms. The van der Waals surface area contributed by atoms with E-state index in [1.807, 2.05) is 0 Å². The van der Waals surface area contributed by atoms with Crippen molar-refractivity contribution in [3.63, 3.8) is 0 Å². The highest BCUT2D eigenvalue weighted by atomic mass is 16.6. The molecule has 0 saturated carbocycles. The first-order valence-corrected chi connectivity index (χ1v) is 6.41. The molecule has 1 atom stereocenters. The van der Waals surface area contributed by atoms with Crippen LogP contribution in [0.1, 0.15) is 5.56 Å². The first-order valence-electron chi connectivity index (χ1n) is 6.41. The highest BCUT2D eigenvalue weighted by Gasteiger charge is 2.24. The second-order valence-electron chi connectivity index (χ2n) is 4.74. The number of nitrogens with one attached hydrogen (secondary N) is 1. The molecule has 0 aromatic carbocycles. The lowest BCUT2D eigenvalue weighted by Crippen LogP contribution is -2.47. The Morgan fingerprint density at radius 1 is 1.71 bits per heavy atom. The zero-order valence-electron chi connectivity index (χ0n) is 11.5. The minimum absolute atomic E-state index is 0.110. The molecule has 9 nitrogen and oxygen atoms in total. The Bertz CT molecular complexity index is 550. The second-order valence-corrected chi connectivity index (χ2v) is 4.74. The van der Waals surface area contributed by atoms with E-state index in [0.29, 0.717) is 18.7 Å². The number of pyridine rings is 1. The van der Waals surface area contributed by atoms with Gasteiger partial charge < -0.3 is 20.1 Å². The monoisotopic (exact) mass is 296 g/mol. The maximum absolute atomic E-state index is 11.0. The summed E-state index contributed by atoms with van der Waals surface area (Å²) in [5.74, 6) is 0.154. The van der Waals surface area contributed by atoms with E-state index < -0.39 is 11.0 Å². The summed E-state index contributed by atoms with van der Waals surface area (Å²) in [6, 6.07) is 1.43. The number of carboxylic acid groups (broad SMARTS) is 1. The topological polar surface area (TPSA) is 118 Å². The first-order chi connectivity index (χ1) is 9.97. The summed E-state index contributed by atoms with van der Waals surface area (Å²) in [6.07, 6.45) is 0.168. The van der Waals surface area contributed by atoms with Crippen LogP contribution in [0.15, 0.2) is 12.3 Å². The van der Waals surface area contributed by atoms with Crippen LogP contribution in [0.25, 0.3) is 0 Å². The van der Waals surface area contributed by atoms with E-state index in [0.717, 1.165) is 0 Å². The summed E-state index contributed by atoms with van der Waals surface area (Å²) in [5, 5.41) is 22.8. The van der Waals surface area contributed by atoms with Crippen LogP contribution in [-0.2, 0) is 4.74 Å². The number of nitro groups is 1. The van der Waals surface area contributed by atoms with E-state index in [4.69, 9.17) is 9.84 Å². The van der Waals surface area contributed by atoms with Crippen LogP contribution in [-0.4, -0.2) is 58.4 Å². The third-order valence-corrected chi connectivity index (χ3v) is 3.11. The molecule has 1 aliphatic heterocycles. The number of aromatic nitrogens is 1. The van der Waals surface area contributed by atoms with Gasteiger partial charge in [-0.1, -0.05) is 0 Å². The number of aryl methyl sites for hydroxylation is 1. The number of amides is 1. The lowest BCUT2D eigenvalue weighted by molar-refractivity contribution is -0.384. The quantitative estimate of drug-likeness (QED) is 0.630. The van der Waals surface area contributed by atoms with Gasteiger partial charge in [-0.05, 0) is 12.5 Å². The zero-order chi connectivity index (χ0) is 15.4. The summed E-state index contributed by atoms with van der Waals surface area (Å²) in [7, 11) is 0. The minimum Gasteiger partial charge on any atom is -0.465 e. The van der Waals surface area contributed by atoms with Gasteiger partial charge in [0.15, 0.2) is 0 Å². The molecule has 1 amide bonds. The number of carbonyl (C=O) groups is 1. The van der Waals surface area contributed by atoms with Crippen molar-refractivity contribution in [1.82, 2.24) is 9.88 Å². The van der Waals surface area contributed by atoms with Crippen LogP contribution in [0.4, 0.5) is 16.3 Å². The summed E-state index contributed by atoms with van der Waals surface area (Å²) in [5.41, 5.74) is 0.583. The van der Waals surface area contributed by atoms with Gasteiger partial charge in [0.1, 0.15) is 0 Å². The van der Waals surface area contributed by atoms with Crippen molar-refractivity contribution in [2.24, 2.45) is 0 Å². The van der Waals surface area contributed by atoms with Crippen LogP contribution >= 0.6 is 0 Å². The molecule has 0 aliphatic carbocycles. The smallest absolute Gasteiger partial charge is 0.407 e. The maximum Gasteiger partial charge on any atom is 0.407 e. The lowest BCUT2D eigenvalue weighted by atomic mass is 10.2. The molecule has 2 heterocycles. The molecule has 1 saturated heterocycles. The molecular formula is C12H16N4O5. The third-order valence-electron chi connectivity index (χ3n) is 3.11. The molecular weight excluding hydrogens is 280 g/mol. The number of morpholine rings is 1. The molecule has 0 bridgehead atoms. The van der Waals surface area contributed by atoms with E-state index in [2.05, 4.69) is 10.3 Å². The molecule has 0 radical (unpaired) electrons. The van der Waals surface area contributed by atoms with E-state index >= 15 is 0 Å². The molecule has 21 heavy (non-hydrogen) atoms. The van der Waals surface area contributed by atoms with E-state index in [1.165, 1.54) is 17.2 Å². The highest BCUT2D eigenvalue weighted by Crippen LogP contribution is 2.22. The van der Waals surface area contributed by atoms with Gasteiger partial charge in [-0.15, -0.1) is 0 Å². The summed E-state index contributed by atoms with van der Waals surface area (Å²) >= 11 is 0. The molecule has 0 unspecified atom stereocenters. The fourth-order valence-electron chi connectivity index (χ4n) is 2.06. The molecule has 2 N–H and O–H groups in total. The normalized spacial score (nSPS) is 18.3. The van der Waals surface area contributed by atoms with Crippen molar-refractivity contribution in [3.05, 3.63) is 27.9 Å². The lowest BCUT2D eigenvalue weighted by Gasteiger charge is -2.31. The standard InChI is InChI=1S/C12H16N4O5/c1-8-4-10(16(19)20)11(13-5-8)14-6-9-7-15(12(17)18)2-3-21-9/h4-5,9H,2-3,6-7H2,1H3,(H,13,14)(H,17,18)/t9-/m0/s1. The second kappa shape index (κ2) is 6.35. The van der Waals surface area contributed by atoms with E-state index in [1.54, 1.807) is 6.92 Å². The van der Waals surface area contributed by atoms with Gasteiger partial charge in [0.05, 0.1) is 24.2 Å². The molecule has 1 aromatic rings. The number of ether oxygens (including phenoxy) is 1. The summed E-state index contributed by atoms with van der Waals surface area (Å²) in [4.78, 5) is 26.6. The van der Waals surface area contributed by atoms with E-state index in [-0.39, 0.29) is 30.7 Å². The van der Waals surface area contributed by atoms with E-state index in [9.17, 15) is 14.9 Å². The number of rotatable bonds is 4. The Labute approximate surface area is 120 Å². The van der Waals surface area contributed by atoms with Crippen molar-refractivity contribution in [2.75, 3.05) is 31.6 Å². The average Bonchev–Trinajstić information content (AvgIpc) is 2.46. The number of nitrogens with zero attached hydrogens (tertiary/aromatic N) is 3. The summed E-state index contributed by atoms with van der Waals surface area (Å²) in [6.45, 7) is 2.83. The fraction of sp³-hybridized carbons (Fsp3) is 0.500. The Morgan fingerprint density at radius 2 is 2.48 bits per heavy atom. The predicted octanol–water partition coefficient (Wildman–Crippen LogP) is 1.09. The molecule has 1 aliphatic rings. The molecule has 1 fully saturated rings. The SMILES string of the molecule is Cc1cnc(NC[C@H]2CN(C(=O)O)CCO2)c([N+](=O)[O-])c1. The van der Waals surface area contributed by atoms with Gasteiger partial charge in [-0.25, -0.2) is 9.78 Å². The van der Waals surface area contributed by atoms with Crippen molar-refractivity contribution in [2.45, 2.75) is 13.0 Å². The van der Waals surface area contributed by atoms with Gasteiger partial charge in [-0.2, -0.15) is 0 Å². The number of anilines is 1. The number of hydrogen-bond acceptors (Lipinski definition) is 6. The van der Waals surface area contributed by atoms with Crippen molar-refractivity contribution in [1.29, 1.82) is 0 Å². The van der Waals surface area contributed by atoms with Crippen molar-refractivity contribution >= 4 is 17.6 Å². The zero-order valence-corrected chi connectivity index (χ0v) is 11.5. The van der Waals surface area contributed by atoms with Gasteiger partial charge >= 0.3 is 11.8 Å². The van der Waals surface area contributed by atoms with Gasteiger partial charge in [-0.3, -0.25) is 10.1 Å². The minimum atomic E-state index is -0.997. The molecule has 114 valence electrons. The number of hydrogen-bond donors (Lipinski definition) is 2. The van der Waals surface area contributed by atoms with Gasteiger partial charge in [0, 0.05) is 25.4 Å². The van der Waals surface area contributed by atoms with Gasteiger partial charge in [0.2, 0.25) is 5.82 Å². The van der Waals surface area contributed by atoms with Crippen LogP contribution < -0.4 is 5.32 Å². The van der Waals surface area contributed by atoms with Crippen LogP contribution in [0.2, 0.25) is 0 Å². The maximum atomic E-state index is 11.0. The summed E-state index contributed by atoms with van der Waals surface area (Å²) < 4.78 is 5.44. The average molecular weight is 296 g/mol.